The third-order valence-corrected chi connectivity index (χ3v) is 6.39. The maximum atomic E-state index is 12.2. The second-order valence-corrected chi connectivity index (χ2v) is 8.45. The molecule has 128 valence electrons. The van der Waals surface area contributed by atoms with Crippen LogP contribution in [0.1, 0.15) is 14.5 Å². The Morgan fingerprint density at radius 1 is 1.25 bits per heavy atom. The summed E-state index contributed by atoms with van der Waals surface area (Å²) < 4.78 is 5.93. The third kappa shape index (κ3) is 4.53. The molecule has 0 spiro atoms. The molecule has 2 aromatic rings. The zero-order chi connectivity index (χ0) is 16.9. The molecule has 2 N–H and O–H groups in total. The number of ketones is 1. The number of Topliss-reactive ketones (excluding diaryl/α,β-unsaturated/α-hetero) is 1. The number of thiophene rings is 1. The van der Waals surface area contributed by atoms with Crippen molar-refractivity contribution >= 4 is 51.3 Å². The first kappa shape index (κ1) is 17.3. The van der Waals surface area contributed by atoms with Gasteiger partial charge in [0.1, 0.15) is 0 Å². The van der Waals surface area contributed by atoms with E-state index < -0.39 is 0 Å². The van der Waals surface area contributed by atoms with Gasteiger partial charge in [-0.1, -0.05) is 23.1 Å². The Morgan fingerprint density at radius 2 is 2.04 bits per heavy atom. The van der Waals surface area contributed by atoms with Crippen LogP contribution < -0.4 is 5.73 Å². The van der Waals surface area contributed by atoms with Crippen molar-refractivity contribution in [3.63, 3.8) is 0 Å². The van der Waals surface area contributed by atoms with E-state index in [1.54, 1.807) is 11.0 Å². The number of aromatic nitrogens is 2. The van der Waals surface area contributed by atoms with Crippen LogP contribution in [0.4, 0.5) is 5.13 Å². The van der Waals surface area contributed by atoms with Crippen LogP contribution in [-0.2, 0) is 16.0 Å². The number of amides is 1. The minimum atomic E-state index is 0.0174. The Hall–Kier alpha value is -1.49. The molecule has 24 heavy (non-hydrogen) atoms. The summed E-state index contributed by atoms with van der Waals surface area (Å²) in [6, 6.07) is 3.63. The molecule has 3 rings (SSSR count). The summed E-state index contributed by atoms with van der Waals surface area (Å²) in [6.45, 7) is 2.45. The Balaban J connectivity index is 1.52. The number of carbonyl (C=O) groups excluding carboxylic acids is 2. The highest BCUT2D eigenvalue weighted by Gasteiger charge is 2.19. The Bertz CT molecular complexity index is 724. The molecule has 0 aromatic carbocycles. The molecule has 1 saturated heterocycles. The quantitative estimate of drug-likeness (QED) is 0.596. The van der Waals surface area contributed by atoms with Gasteiger partial charge in [-0.15, -0.1) is 21.5 Å². The van der Waals surface area contributed by atoms with Gasteiger partial charge in [0, 0.05) is 18.0 Å². The molecule has 0 bridgehead atoms. The largest absolute Gasteiger partial charge is 0.378 e. The normalized spacial score (nSPS) is 14.8. The summed E-state index contributed by atoms with van der Waals surface area (Å²) in [6.07, 6.45) is 0.331. The van der Waals surface area contributed by atoms with E-state index in [4.69, 9.17) is 10.5 Å². The first-order valence-corrected chi connectivity index (χ1v) is 9.93. The van der Waals surface area contributed by atoms with Crippen LogP contribution in [0.3, 0.4) is 0 Å². The van der Waals surface area contributed by atoms with Crippen molar-refractivity contribution < 1.29 is 14.3 Å². The molecule has 10 heteroatoms. The molecule has 1 amide bonds. The van der Waals surface area contributed by atoms with E-state index in [-0.39, 0.29) is 17.4 Å². The second-order valence-electron chi connectivity index (χ2n) is 5.05. The highest BCUT2D eigenvalue weighted by molar-refractivity contribution is 8.01. The molecular weight excluding hydrogens is 368 g/mol. The molecule has 2 aromatic heterocycles. The lowest BCUT2D eigenvalue weighted by Crippen LogP contribution is -2.41. The Kier molecular flexibility index (Phi) is 5.82. The zero-order valence-electron chi connectivity index (χ0n) is 12.8. The average molecular weight is 385 g/mol. The monoisotopic (exact) mass is 384 g/mol. The third-order valence-electron chi connectivity index (χ3n) is 3.37. The lowest BCUT2D eigenvalue weighted by atomic mass is 10.3. The van der Waals surface area contributed by atoms with Gasteiger partial charge >= 0.3 is 0 Å². The molecule has 0 radical (unpaired) electrons. The predicted molar refractivity (Wildman–Crippen MR) is 94.8 cm³/mol. The van der Waals surface area contributed by atoms with E-state index in [2.05, 4.69) is 10.2 Å². The number of morpholine rings is 1. The number of nitrogen functional groups attached to an aromatic ring is 1. The lowest BCUT2D eigenvalue weighted by molar-refractivity contribution is -0.134. The van der Waals surface area contributed by atoms with Crippen LogP contribution in [0, 0.1) is 0 Å². The number of carbonyl (C=O) groups is 2. The maximum absolute atomic E-state index is 12.2. The van der Waals surface area contributed by atoms with Gasteiger partial charge in [0.25, 0.3) is 0 Å². The van der Waals surface area contributed by atoms with Gasteiger partial charge in [0.15, 0.2) is 10.1 Å². The minimum absolute atomic E-state index is 0.0174. The standard InChI is InChI=1S/C14H16N4O3S3/c15-13-16-17-14(24-13)22-8-10(19)11-2-1-9(23-11)7-12(20)18-3-5-21-6-4-18/h1-2H,3-8H2,(H2,15,16). The minimum Gasteiger partial charge on any atom is -0.378 e. The van der Waals surface area contributed by atoms with E-state index in [0.717, 1.165) is 4.88 Å². The summed E-state index contributed by atoms with van der Waals surface area (Å²) >= 11 is 3.96. The summed E-state index contributed by atoms with van der Waals surface area (Å²) in [5, 5.41) is 7.98. The maximum Gasteiger partial charge on any atom is 0.227 e. The molecular formula is C14H16N4O3S3. The summed E-state index contributed by atoms with van der Waals surface area (Å²) in [5.74, 6) is 0.383. The van der Waals surface area contributed by atoms with Crippen molar-refractivity contribution in [3.8, 4) is 0 Å². The average Bonchev–Trinajstić information content (AvgIpc) is 3.22. The van der Waals surface area contributed by atoms with Crippen molar-refractivity contribution in [2.45, 2.75) is 10.8 Å². The Morgan fingerprint density at radius 3 is 2.75 bits per heavy atom. The van der Waals surface area contributed by atoms with Crippen LogP contribution in [0.2, 0.25) is 0 Å². The molecule has 0 atom stereocenters. The highest BCUT2D eigenvalue weighted by Crippen LogP contribution is 2.26. The lowest BCUT2D eigenvalue weighted by Gasteiger charge is -2.26. The summed E-state index contributed by atoms with van der Waals surface area (Å²) in [7, 11) is 0. The van der Waals surface area contributed by atoms with Gasteiger partial charge in [-0.05, 0) is 12.1 Å². The molecule has 1 fully saturated rings. The van der Waals surface area contributed by atoms with E-state index >= 15 is 0 Å². The first-order chi connectivity index (χ1) is 11.6. The fraction of sp³-hybridized carbons (Fsp3) is 0.429. The van der Waals surface area contributed by atoms with E-state index in [9.17, 15) is 9.59 Å². The molecule has 0 unspecified atom stereocenters. The summed E-state index contributed by atoms with van der Waals surface area (Å²) in [5.41, 5.74) is 5.51. The van der Waals surface area contributed by atoms with Crippen LogP contribution in [0.25, 0.3) is 0 Å². The molecule has 7 nitrogen and oxygen atoms in total. The van der Waals surface area contributed by atoms with Gasteiger partial charge < -0.3 is 15.4 Å². The van der Waals surface area contributed by atoms with Crippen LogP contribution in [-0.4, -0.2) is 58.8 Å². The number of nitrogens with zero attached hydrogens (tertiary/aromatic N) is 3. The Labute approximate surface area is 151 Å². The van der Waals surface area contributed by atoms with E-state index in [0.29, 0.717) is 47.1 Å². The first-order valence-electron chi connectivity index (χ1n) is 7.31. The fourth-order valence-electron chi connectivity index (χ4n) is 2.17. The van der Waals surface area contributed by atoms with Gasteiger partial charge in [-0.25, -0.2) is 0 Å². The van der Waals surface area contributed by atoms with E-state index in [1.165, 1.54) is 34.4 Å². The number of hydrogen-bond donors (Lipinski definition) is 1. The number of ether oxygens (including phenoxy) is 1. The van der Waals surface area contributed by atoms with Crippen molar-refractivity contribution in [2.24, 2.45) is 0 Å². The topological polar surface area (TPSA) is 98.4 Å². The number of rotatable bonds is 6. The van der Waals surface area contributed by atoms with Crippen LogP contribution in [0.15, 0.2) is 16.5 Å². The van der Waals surface area contributed by atoms with Crippen LogP contribution in [0.5, 0.6) is 0 Å². The SMILES string of the molecule is Nc1nnc(SCC(=O)c2ccc(CC(=O)N3CCOCC3)s2)s1. The van der Waals surface area contributed by atoms with Gasteiger partial charge in [0.05, 0.1) is 30.3 Å². The second kappa shape index (κ2) is 8.06. The smallest absolute Gasteiger partial charge is 0.227 e. The number of hydrogen-bond acceptors (Lipinski definition) is 9. The highest BCUT2D eigenvalue weighted by atomic mass is 32.2. The van der Waals surface area contributed by atoms with E-state index in [1.807, 2.05) is 6.07 Å². The van der Waals surface area contributed by atoms with Crippen molar-refractivity contribution in [3.05, 3.63) is 21.9 Å². The predicted octanol–water partition coefficient (Wildman–Crippen LogP) is 1.56. The number of anilines is 1. The van der Waals surface area contributed by atoms with Gasteiger partial charge in [-0.2, -0.15) is 0 Å². The summed E-state index contributed by atoms with van der Waals surface area (Å²) in [4.78, 5) is 27.8. The van der Waals surface area contributed by atoms with Crippen molar-refractivity contribution in [2.75, 3.05) is 37.8 Å². The van der Waals surface area contributed by atoms with Crippen molar-refractivity contribution in [1.29, 1.82) is 0 Å². The molecule has 1 aliphatic rings. The fourth-order valence-corrected chi connectivity index (χ4v) is 4.72. The molecule has 1 aliphatic heterocycles. The van der Waals surface area contributed by atoms with Crippen LogP contribution >= 0.6 is 34.4 Å². The zero-order valence-corrected chi connectivity index (χ0v) is 15.2. The van der Waals surface area contributed by atoms with Gasteiger partial charge in [0.2, 0.25) is 11.0 Å². The number of nitrogens with two attached hydrogens (primary N) is 1. The molecule has 0 aliphatic carbocycles. The van der Waals surface area contributed by atoms with Crippen molar-refractivity contribution in [1.82, 2.24) is 15.1 Å². The molecule has 0 saturated carbocycles. The number of thioether (sulfide) groups is 1. The molecule has 3 heterocycles. The van der Waals surface area contributed by atoms with Gasteiger partial charge in [-0.3, -0.25) is 9.59 Å².